The van der Waals surface area contributed by atoms with Crippen molar-refractivity contribution in [1.29, 1.82) is 0 Å². The molecular formula is C13H12N2O2S. The lowest BCUT2D eigenvalue weighted by atomic mass is 10.0. The highest BCUT2D eigenvalue weighted by atomic mass is 32.1. The smallest absolute Gasteiger partial charge is 0.270 e. The van der Waals surface area contributed by atoms with Gasteiger partial charge in [0, 0.05) is 23.4 Å². The lowest BCUT2D eigenvalue weighted by molar-refractivity contribution is 0.0946. The Kier molecular flexibility index (Phi) is 2.98. The van der Waals surface area contributed by atoms with Crippen molar-refractivity contribution in [3.05, 3.63) is 46.4 Å². The summed E-state index contributed by atoms with van der Waals surface area (Å²) in [6.07, 6.45) is 0. The average Bonchev–Trinajstić information content (AvgIpc) is 3.06. The number of nitrogens with one attached hydrogen (secondary N) is 1. The quantitative estimate of drug-likeness (QED) is 0.919. The van der Waals surface area contributed by atoms with Gasteiger partial charge in [0.05, 0.1) is 12.1 Å². The fourth-order valence-electron chi connectivity index (χ4n) is 2.03. The molecule has 0 saturated heterocycles. The Balaban J connectivity index is 1.64. The highest BCUT2D eigenvalue weighted by Gasteiger charge is 2.24. The Morgan fingerprint density at radius 1 is 1.50 bits per heavy atom. The molecule has 1 N–H and O–H groups in total. The number of nitrogens with zero attached hydrogens (tertiary/aromatic N) is 1. The summed E-state index contributed by atoms with van der Waals surface area (Å²) in [5.74, 6) is 1.02. The zero-order valence-corrected chi connectivity index (χ0v) is 10.4. The molecule has 0 fully saturated rings. The van der Waals surface area contributed by atoms with Gasteiger partial charge in [-0.25, -0.2) is 4.98 Å². The molecule has 1 aliphatic rings. The maximum Gasteiger partial charge on any atom is 0.270 e. The second kappa shape index (κ2) is 4.78. The standard InChI is InChI=1S/C13H12N2O2S/c16-13(11-7-18-8-15-11)14-5-9-6-17-12-4-2-1-3-10(9)12/h1-4,7-9H,5-6H2,(H,14,16). The first-order valence-electron chi connectivity index (χ1n) is 5.72. The van der Waals surface area contributed by atoms with Crippen LogP contribution < -0.4 is 10.1 Å². The minimum atomic E-state index is -0.124. The van der Waals surface area contributed by atoms with Crippen molar-refractivity contribution >= 4 is 17.2 Å². The van der Waals surface area contributed by atoms with E-state index in [1.54, 1.807) is 10.9 Å². The SMILES string of the molecule is O=C(NCC1COc2ccccc21)c1cscn1. The minimum Gasteiger partial charge on any atom is -0.493 e. The third kappa shape index (κ3) is 2.09. The van der Waals surface area contributed by atoms with Crippen molar-refractivity contribution in [2.24, 2.45) is 0 Å². The maximum absolute atomic E-state index is 11.8. The molecular weight excluding hydrogens is 248 g/mol. The zero-order valence-electron chi connectivity index (χ0n) is 9.63. The summed E-state index contributed by atoms with van der Waals surface area (Å²) in [7, 11) is 0. The molecule has 0 spiro atoms. The number of benzene rings is 1. The number of rotatable bonds is 3. The molecule has 2 heterocycles. The summed E-state index contributed by atoms with van der Waals surface area (Å²) >= 11 is 1.42. The molecule has 1 amide bonds. The molecule has 1 aliphatic heterocycles. The van der Waals surface area contributed by atoms with Crippen molar-refractivity contribution in [3.63, 3.8) is 0 Å². The number of aromatic nitrogens is 1. The molecule has 1 aromatic carbocycles. The van der Waals surface area contributed by atoms with E-state index in [-0.39, 0.29) is 11.8 Å². The van der Waals surface area contributed by atoms with Gasteiger partial charge in [0.2, 0.25) is 0 Å². The topological polar surface area (TPSA) is 51.2 Å². The predicted molar refractivity (Wildman–Crippen MR) is 69.1 cm³/mol. The summed E-state index contributed by atoms with van der Waals surface area (Å²) in [6.45, 7) is 1.20. The molecule has 1 aromatic heterocycles. The second-order valence-corrected chi connectivity index (χ2v) is 4.85. The van der Waals surface area contributed by atoms with E-state index in [0.29, 0.717) is 18.8 Å². The molecule has 0 bridgehead atoms. The Hall–Kier alpha value is -1.88. The molecule has 0 saturated carbocycles. The monoisotopic (exact) mass is 260 g/mol. The minimum absolute atomic E-state index is 0.124. The third-order valence-electron chi connectivity index (χ3n) is 2.97. The van der Waals surface area contributed by atoms with E-state index in [0.717, 1.165) is 11.3 Å². The number of hydrogen-bond donors (Lipinski definition) is 1. The van der Waals surface area contributed by atoms with E-state index >= 15 is 0 Å². The summed E-state index contributed by atoms with van der Waals surface area (Å²) in [5.41, 5.74) is 3.30. The van der Waals surface area contributed by atoms with Crippen LogP contribution in [0.1, 0.15) is 22.0 Å². The third-order valence-corrected chi connectivity index (χ3v) is 3.56. The van der Waals surface area contributed by atoms with E-state index in [1.807, 2.05) is 24.3 Å². The molecule has 18 heavy (non-hydrogen) atoms. The lowest BCUT2D eigenvalue weighted by Crippen LogP contribution is -2.29. The summed E-state index contributed by atoms with van der Waals surface area (Å²) in [6, 6.07) is 7.94. The van der Waals surface area contributed by atoms with Gasteiger partial charge in [-0.15, -0.1) is 11.3 Å². The number of amides is 1. The predicted octanol–water partition coefficient (Wildman–Crippen LogP) is 2.05. The van der Waals surface area contributed by atoms with Gasteiger partial charge in [-0.05, 0) is 6.07 Å². The fraction of sp³-hybridized carbons (Fsp3) is 0.231. The Bertz CT molecular complexity index is 554. The number of ether oxygens (including phenoxy) is 1. The van der Waals surface area contributed by atoms with Crippen LogP contribution in [-0.2, 0) is 0 Å². The number of fused-ring (bicyclic) bond motifs is 1. The summed E-state index contributed by atoms with van der Waals surface area (Å²) < 4.78 is 5.57. The van der Waals surface area contributed by atoms with Gasteiger partial charge in [-0.2, -0.15) is 0 Å². The average molecular weight is 260 g/mol. The van der Waals surface area contributed by atoms with Crippen LogP contribution in [0, 0.1) is 0 Å². The number of hydrogen-bond acceptors (Lipinski definition) is 4. The molecule has 0 radical (unpaired) electrons. The second-order valence-electron chi connectivity index (χ2n) is 4.13. The van der Waals surface area contributed by atoms with Gasteiger partial charge in [-0.3, -0.25) is 4.79 Å². The van der Waals surface area contributed by atoms with E-state index in [1.165, 1.54) is 11.3 Å². The molecule has 3 rings (SSSR count). The molecule has 1 unspecified atom stereocenters. The van der Waals surface area contributed by atoms with Gasteiger partial charge < -0.3 is 10.1 Å². The molecule has 92 valence electrons. The molecule has 0 aliphatic carbocycles. The highest BCUT2D eigenvalue weighted by molar-refractivity contribution is 7.07. The molecule has 5 heteroatoms. The van der Waals surface area contributed by atoms with Crippen LogP contribution >= 0.6 is 11.3 Å². The molecule has 4 nitrogen and oxygen atoms in total. The van der Waals surface area contributed by atoms with E-state index < -0.39 is 0 Å². The van der Waals surface area contributed by atoms with Gasteiger partial charge in [0.25, 0.3) is 5.91 Å². The fourth-order valence-corrected chi connectivity index (χ4v) is 2.56. The van der Waals surface area contributed by atoms with Crippen LogP contribution in [-0.4, -0.2) is 24.0 Å². The number of carbonyl (C=O) groups is 1. The normalized spacial score (nSPS) is 17.0. The van der Waals surface area contributed by atoms with Crippen LogP contribution in [0.25, 0.3) is 0 Å². The largest absolute Gasteiger partial charge is 0.493 e. The first kappa shape index (κ1) is 11.2. The number of thiazole rings is 1. The van der Waals surface area contributed by atoms with Crippen LogP contribution in [0.3, 0.4) is 0 Å². The van der Waals surface area contributed by atoms with Crippen molar-refractivity contribution in [1.82, 2.24) is 10.3 Å². The highest BCUT2D eigenvalue weighted by Crippen LogP contribution is 2.32. The van der Waals surface area contributed by atoms with Crippen molar-refractivity contribution < 1.29 is 9.53 Å². The Labute approximate surface area is 109 Å². The first-order valence-corrected chi connectivity index (χ1v) is 6.67. The van der Waals surface area contributed by atoms with Crippen molar-refractivity contribution in [3.8, 4) is 5.75 Å². The van der Waals surface area contributed by atoms with Crippen molar-refractivity contribution in [2.45, 2.75) is 5.92 Å². The lowest BCUT2D eigenvalue weighted by Gasteiger charge is -2.09. The van der Waals surface area contributed by atoms with Gasteiger partial charge in [0.1, 0.15) is 11.4 Å². The summed E-state index contributed by atoms with van der Waals surface area (Å²) in [4.78, 5) is 15.7. The van der Waals surface area contributed by atoms with Gasteiger partial charge >= 0.3 is 0 Å². The van der Waals surface area contributed by atoms with Crippen LogP contribution in [0.5, 0.6) is 5.75 Å². The Morgan fingerprint density at radius 2 is 2.39 bits per heavy atom. The van der Waals surface area contributed by atoms with Crippen LogP contribution in [0.4, 0.5) is 0 Å². The number of carbonyl (C=O) groups excluding carboxylic acids is 1. The zero-order chi connectivity index (χ0) is 12.4. The van der Waals surface area contributed by atoms with Crippen molar-refractivity contribution in [2.75, 3.05) is 13.2 Å². The number of para-hydroxylation sites is 1. The van der Waals surface area contributed by atoms with Crippen LogP contribution in [0.15, 0.2) is 35.2 Å². The maximum atomic E-state index is 11.8. The van der Waals surface area contributed by atoms with E-state index in [9.17, 15) is 4.79 Å². The summed E-state index contributed by atoms with van der Waals surface area (Å²) in [5, 5.41) is 4.64. The van der Waals surface area contributed by atoms with E-state index in [4.69, 9.17) is 4.74 Å². The molecule has 1 atom stereocenters. The van der Waals surface area contributed by atoms with Gasteiger partial charge in [-0.1, -0.05) is 18.2 Å². The van der Waals surface area contributed by atoms with Gasteiger partial charge in [0.15, 0.2) is 0 Å². The molecule has 2 aromatic rings. The van der Waals surface area contributed by atoms with Crippen LogP contribution in [0.2, 0.25) is 0 Å². The van der Waals surface area contributed by atoms with E-state index in [2.05, 4.69) is 10.3 Å². The Morgan fingerprint density at radius 3 is 3.22 bits per heavy atom. The first-order chi connectivity index (χ1) is 8.84.